The molecule has 0 aromatic carbocycles. The molecule has 1 heterocycles. The molecule has 0 aliphatic heterocycles. The van der Waals surface area contributed by atoms with Crippen molar-refractivity contribution in [3.05, 3.63) is 12.4 Å². The highest BCUT2D eigenvalue weighted by Crippen LogP contribution is 2.30. The predicted octanol–water partition coefficient (Wildman–Crippen LogP) is 1.65. The molecule has 1 aromatic heterocycles. The average molecular weight is 262 g/mol. The van der Waals surface area contributed by atoms with Gasteiger partial charge in [-0.2, -0.15) is 0 Å². The summed E-state index contributed by atoms with van der Waals surface area (Å²) in [5, 5.41) is 12.6. The maximum atomic E-state index is 9.22. The molecule has 0 unspecified atom stereocenters. The van der Waals surface area contributed by atoms with E-state index in [1.165, 1.54) is 32.1 Å². The van der Waals surface area contributed by atoms with Crippen LogP contribution in [0.15, 0.2) is 12.4 Å². The van der Waals surface area contributed by atoms with Gasteiger partial charge < -0.3 is 15.3 Å². The van der Waals surface area contributed by atoms with Crippen molar-refractivity contribution in [2.45, 2.75) is 38.1 Å². The van der Waals surface area contributed by atoms with Crippen LogP contribution in [-0.2, 0) is 0 Å². The quantitative estimate of drug-likeness (QED) is 0.782. The molecule has 0 bridgehead atoms. The number of aliphatic hydroxyl groups is 1. The van der Waals surface area contributed by atoms with Crippen LogP contribution in [0.5, 0.6) is 0 Å². The molecule has 2 aliphatic carbocycles. The standard InChI is InChI=1S/C14H22N4O/c19-7-6-18(12-2-1-3-12)14-8-13(16-10-17-14)15-9-11-4-5-11/h8,10-12,19H,1-7,9H2,(H,15,16,17). The van der Waals surface area contributed by atoms with Gasteiger partial charge in [-0.15, -0.1) is 0 Å². The van der Waals surface area contributed by atoms with E-state index in [9.17, 15) is 5.11 Å². The van der Waals surface area contributed by atoms with Crippen molar-refractivity contribution in [3.63, 3.8) is 0 Å². The molecule has 0 spiro atoms. The van der Waals surface area contributed by atoms with Gasteiger partial charge in [0.15, 0.2) is 0 Å². The van der Waals surface area contributed by atoms with Gasteiger partial charge in [0.2, 0.25) is 0 Å². The second kappa shape index (κ2) is 5.74. The second-order valence-corrected chi connectivity index (χ2v) is 5.59. The molecule has 19 heavy (non-hydrogen) atoms. The van der Waals surface area contributed by atoms with Gasteiger partial charge in [-0.1, -0.05) is 0 Å². The lowest BCUT2D eigenvalue weighted by Gasteiger charge is -2.38. The molecule has 3 rings (SSSR count). The normalized spacial score (nSPS) is 19.0. The van der Waals surface area contributed by atoms with Crippen molar-refractivity contribution < 1.29 is 5.11 Å². The predicted molar refractivity (Wildman–Crippen MR) is 75.3 cm³/mol. The fourth-order valence-electron chi connectivity index (χ4n) is 2.46. The minimum Gasteiger partial charge on any atom is -0.395 e. The third kappa shape index (κ3) is 3.15. The summed E-state index contributed by atoms with van der Waals surface area (Å²) in [5.41, 5.74) is 0. The molecule has 104 valence electrons. The molecule has 0 radical (unpaired) electrons. The topological polar surface area (TPSA) is 61.3 Å². The first-order valence-corrected chi connectivity index (χ1v) is 7.30. The van der Waals surface area contributed by atoms with E-state index in [2.05, 4.69) is 20.2 Å². The lowest BCUT2D eigenvalue weighted by Crippen LogP contribution is -2.42. The van der Waals surface area contributed by atoms with Crippen LogP contribution in [0.2, 0.25) is 0 Å². The third-order valence-corrected chi connectivity index (χ3v) is 4.07. The summed E-state index contributed by atoms with van der Waals surface area (Å²) in [5.74, 6) is 2.67. The maximum absolute atomic E-state index is 9.22. The SMILES string of the molecule is OCCN(c1cc(NCC2CC2)ncn1)C1CCC1. The van der Waals surface area contributed by atoms with Crippen LogP contribution < -0.4 is 10.2 Å². The van der Waals surface area contributed by atoms with Gasteiger partial charge in [0.05, 0.1) is 6.61 Å². The Morgan fingerprint density at radius 2 is 2.11 bits per heavy atom. The van der Waals surface area contributed by atoms with Crippen molar-refractivity contribution in [2.75, 3.05) is 29.9 Å². The fourth-order valence-corrected chi connectivity index (χ4v) is 2.46. The van der Waals surface area contributed by atoms with E-state index in [0.29, 0.717) is 12.6 Å². The number of aromatic nitrogens is 2. The summed E-state index contributed by atoms with van der Waals surface area (Å²) < 4.78 is 0. The highest BCUT2D eigenvalue weighted by Gasteiger charge is 2.26. The molecular formula is C14H22N4O. The monoisotopic (exact) mass is 262 g/mol. The summed E-state index contributed by atoms with van der Waals surface area (Å²) in [6.07, 6.45) is 7.98. The van der Waals surface area contributed by atoms with Gasteiger partial charge in [0.25, 0.3) is 0 Å². The summed E-state index contributed by atoms with van der Waals surface area (Å²) in [4.78, 5) is 10.9. The van der Waals surface area contributed by atoms with Crippen LogP contribution in [0, 0.1) is 5.92 Å². The maximum Gasteiger partial charge on any atom is 0.134 e. The highest BCUT2D eigenvalue weighted by molar-refractivity contribution is 5.49. The minimum absolute atomic E-state index is 0.172. The Labute approximate surface area is 114 Å². The lowest BCUT2D eigenvalue weighted by atomic mass is 9.91. The van der Waals surface area contributed by atoms with Gasteiger partial charge in [0, 0.05) is 25.2 Å². The Morgan fingerprint density at radius 3 is 2.74 bits per heavy atom. The van der Waals surface area contributed by atoms with E-state index >= 15 is 0 Å². The summed E-state index contributed by atoms with van der Waals surface area (Å²) in [6.45, 7) is 1.84. The Bertz CT molecular complexity index is 418. The number of anilines is 2. The molecular weight excluding hydrogens is 240 g/mol. The van der Waals surface area contributed by atoms with Crippen LogP contribution in [0.25, 0.3) is 0 Å². The summed E-state index contributed by atoms with van der Waals surface area (Å²) >= 11 is 0. The summed E-state index contributed by atoms with van der Waals surface area (Å²) in [7, 11) is 0. The molecule has 5 nitrogen and oxygen atoms in total. The van der Waals surface area contributed by atoms with Crippen LogP contribution in [-0.4, -0.2) is 40.8 Å². The van der Waals surface area contributed by atoms with Crippen molar-refractivity contribution in [1.29, 1.82) is 0 Å². The van der Waals surface area contributed by atoms with Gasteiger partial charge in [-0.05, 0) is 38.0 Å². The second-order valence-electron chi connectivity index (χ2n) is 5.59. The van der Waals surface area contributed by atoms with Crippen LogP contribution in [0.4, 0.5) is 11.6 Å². The first-order chi connectivity index (χ1) is 9.36. The first-order valence-electron chi connectivity index (χ1n) is 7.30. The van der Waals surface area contributed by atoms with Crippen molar-refractivity contribution in [1.82, 2.24) is 9.97 Å². The van der Waals surface area contributed by atoms with Crippen LogP contribution >= 0.6 is 0 Å². The third-order valence-electron chi connectivity index (χ3n) is 4.07. The van der Waals surface area contributed by atoms with E-state index in [1.54, 1.807) is 6.33 Å². The largest absolute Gasteiger partial charge is 0.395 e. The van der Waals surface area contributed by atoms with Crippen molar-refractivity contribution in [2.24, 2.45) is 5.92 Å². The Hall–Kier alpha value is -1.36. The molecule has 2 saturated carbocycles. The van der Waals surface area contributed by atoms with E-state index in [4.69, 9.17) is 0 Å². The number of hydrogen-bond acceptors (Lipinski definition) is 5. The zero-order chi connectivity index (χ0) is 13.1. The zero-order valence-electron chi connectivity index (χ0n) is 11.3. The zero-order valence-corrected chi connectivity index (χ0v) is 11.3. The fraction of sp³-hybridized carbons (Fsp3) is 0.714. The first kappa shape index (κ1) is 12.7. The van der Waals surface area contributed by atoms with Crippen molar-refractivity contribution in [3.8, 4) is 0 Å². The molecule has 2 N–H and O–H groups in total. The minimum atomic E-state index is 0.172. The van der Waals surface area contributed by atoms with E-state index in [-0.39, 0.29) is 6.61 Å². The lowest BCUT2D eigenvalue weighted by molar-refractivity contribution is 0.283. The highest BCUT2D eigenvalue weighted by atomic mass is 16.3. The molecule has 0 amide bonds. The van der Waals surface area contributed by atoms with Gasteiger partial charge in [-0.3, -0.25) is 0 Å². The molecule has 2 fully saturated rings. The van der Waals surface area contributed by atoms with Crippen LogP contribution in [0.1, 0.15) is 32.1 Å². The molecule has 0 saturated heterocycles. The number of nitrogens with one attached hydrogen (secondary N) is 1. The molecule has 0 atom stereocenters. The summed E-state index contributed by atoms with van der Waals surface area (Å²) in [6, 6.07) is 2.55. The van der Waals surface area contributed by atoms with Gasteiger partial charge in [0.1, 0.15) is 18.0 Å². The van der Waals surface area contributed by atoms with Gasteiger partial charge >= 0.3 is 0 Å². The van der Waals surface area contributed by atoms with E-state index in [1.807, 2.05) is 6.07 Å². The number of aliphatic hydroxyl groups excluding tert-OH is 1. The van der Waals surface area contributed by atoms with E-state index < -0.39 is 0 Å². The van der Waals surface area contributed by atoms with E-state index in [0.717, 1.165) is 24.1 Å². The Morgan fingerprint density at radius 1 is 1.26 bits per heavy atom. The molecule has 1 aromatic rings. The van der Waals surface area contributed by atoms with Crippen LogP contribution in [0.3, 0.4) is 0 Å². The van der Waals surface area contributed by atoms with Gasteiger partial charge in [-0.25, -0.2) is 9.97 Å². The molecule has 2 aliphatic rings. The number of nitrogens with zero attached hydrogens (tertiary/aromatic N) is 3. The Balaban J connectivity index is 1.67. The molecule has 5 heteroatoms. The number of rotatable bonds is 7. The smallest absolute Gasteiger partial charge is 0.134 e. The average Bonchev–Trinajstić information content (AvgIpc) is 3.18. The van der Waals surface area contributed by atoms with Crippen molar-refractivity contribution >= 4 is 11.6 Å². The Kier molecular flexibility index (Phi) is 3.82. The number of hydrogen-bond donors (Lipinski definition) is 2.